The van der Waals surface area contributed by atoms with Gasteiger partial charge in [-0.2, -0.15) is 0 Å². The summed E-state index contributed by atoms with van der Waals surface area (Å²) in [6.45, 7) is 6.24. The van der Waals surface area contributed by atoms with Crippen LogP contribution in [0.2, 0.25) is 0 Å². The van der Waals surface area contributed by atoms with Gasteiger partial charge in [0.25, 0.3) is 0 Å². The van der Waals surface area contributed by atoms with Gasteiger partial charge in [0.05, 0.1) is 19.3 Å². The minimum absolute atomic E-state index is 0.235. The van der Waals surface area contributed by atoms with Crippen LogP contribution in [0.5, 0.6) is 0 Å². The highest BCUT2D eigenvalue weighted by molar-refractivity contribution is 5.13. The highest BCUT2D eigenvalue weighted by Gasteiger charge is 2.04. The molecule has 0 spiro atoms. The molecule has 0 heterocycles. The fraction of sp³-hybridized carbons (Fsp3) is 0.538. The lowest BCUT2D eigenvalue weighted by atomic mass is 10.2. The van der Waals surface area contributed by atoms with Crippen molar-refractivity contribution in [3.63, 3.8) is 0 Å². The molecule has 1 rings (SSSR count). The number of hydrogen-bond donors (Lipinski definition) is 0. The van der Waals surface area contributed by atoms with Gasteiger partial charge in [-0.15, -0.1) is 0 Å². The van der Waals surface area contributed by atoms with Crippen LogP contribution in [-0.2, 0) is 16.1 Å². The molecule has 2 heteroatoms. The van der Waals surface area contributed by atoms with Crippen LogP contribution >= 0.6 is 0 Å². The Labute approximate surface area is 92.2 Å². The second kappa shape index (κ2) is 7.43. The molecule has 0 bridgehead atoms. The quantitative estimate of drug-likeness (QED) is 0.685. The number of ether oxygens (including phenoxy) is 2. The Morgan fingerprint density at radius 1 is 1.13 bits per heavy atom. The van der Waals surface area contributed by atoms with Gasteiger partial charge in [0.1, 0.15) is 0 Å². The van der Waals surface area contributed by atoms with Crippen molar-refractivity contribution < 1.29 is 9.47 Å². The van der Waals surface area contributed by atoms with Gasteiger partial charge in [0.15, 0.2) is 0 Å². The van der Waals surface area contributed by atoms with Gasteiger partial charge in [0.2, 0.25) is 0 Å². The smallest absolute Gasteiger partial charge is 0.0805 e. The Bertz CT molecular complexity index is 246. The van der Waals surface area contributed by atoms with Gasteiger partial charge in [-0.3, -0.25) is 0 Å². The number of hydrogen-bond acceptors (Lipinski definition) is 2. The summed E-state index contributed by atoms with van der Waals surface area (Å²) in [4.78, 5) is 0. The van der Waals surface area contributed by atoms with E-state index in [0.29, 0.717) is 13.2 Å². The van der Waals surface area contributed by atoms with Crippen LogP contribution in [0.1, 0.15) is 25.8 Å². The second-order valence-corrected chi connectivity index (χ2v) is 3.49. The third-order valence-electron chi connectivity index (χ3n) is 2.27. The highest BCUT2D eigenvalue weighted by Crippen LogP contribution is 2.03. The van der Waals surface area contributed by atoms with Crippen molar-refractivity contribution in [1.29, 1.82) is 0 Å². The summed E-state index contributed by atoms with van der Waals surface area (Å²) in [5.41, 5.74) is 1.21. The molecule has 0 aliphatic heterocycles. The SMILES string of the molecule is CCO[C@H](CC)COCc1ccccc1. The lowest BCUT2D eigenvalue weighted by Gasteiger charge is -2.14. The molecule has 0 radical (unpaired) electrons. The van der Waals surface area contributed by atoms with E-state index in [1.54, 1.807) is 0 Å². The molecule has 84 valence electrons. The molecular weight excluding hydrogens is 188 g/mol. The van der Waals surface area contributed by atoms with E-state index in [0.717, 1.165) is 13.0 Å². The lowest BCUT2D eigenvalue weighted by Crippen LogP contribution is -2.18. The molecule has 1 aromatic carbocycles. The molecule has 0 amide bonds. The van der Waals surface area contributed by atoms with Crippen LogP contribution in [0.4, 0.5) is 0 Å². The van der Waals surface area contributed by atoms with Crippen molar-refractivity contribution in [2.24, 2.45) is 0 Å². The van der Waals surface area contributed by atoms with Crippen LogP contribution in [0.25, 0.3) is 0 Å². The molecular formula is C13H20O2. The second-order valence-electron chi connectivity index (χ2n) is 3.49. The first kappa shape index (κ1) is 12.2. The first-order valence-corrected chi connectivity index (χ1v) is 5.60. The molecule has 0 aliphatic carbocycles. The zero-order chi connectivity index (χ0) is 10.9. The predicted molar refractivity (Wildman–Crippen MR) is 61.8 cm³/mol. The Morgan fingerprint density at radius 3 is 2.47 bits per heavy atom. The van der Waals surface area contributed by atoms with Crippen molar-refractivity contribution in [3.05, 3.63) is 35.9 Å². The third-order valence-corrected chi connectivity index (χ3v) is 2.27. The molecule has 0 unspecified atom stereocenters. The summed E-state index contributed by atoms with van der Waals surface area (Å²) in [5.74, 6) is 0. The molecule has 0 saturated carbocycles. The number of benzene rings is 1. The van der Waals surface area contributed by atoms with Gasteiger partial charge in [-0.05, 0) is 18.9 Å². The zero-order valence-electron chi connectivity index (χ0n) is 9.61. The standard InChI is InChI=1S/C13H20O2/c1-3-13(15-4-2)11-14-10-12-8-6-5-7-9-12/h5-9,13H,3-4,10-11H2,1-2H3/t13-/m1/s1. The van der Waals surface area contributed by atoms with Crippen molar-refractivity contribution in [2.75, 3.05) is 13.2 Å². The van der Waals surface area contributed by atoms with E-state index in [1.165, 1.54) is 5.56 Å². The molecule has 15 heavy (non-hydrogen) atoms. The lowest BCUT2D eigenvalue weighted by molar-refractivity contribution is -0.0184. The van der Waals surface area contributed by atoms with E-state index in [-0.39, 0.29) is 6.10 Å². The molecule has 0 aliphatic rings. The zero-order valence-corrected chi connectivity index (χ0v) is 9.61. The molecule has 0 aromatic heterocycles. The Hall–Kier alpha value is -0.860. The van der Waals surface area contributed by atoms with Crippen LogP contribution < -0.4 is 0 Å². The third kappa shape index (κ3) is 4.96. The van der Waals surface area contributed by atoms with Crippen LogP contribution in [0.3, 0.4) is 0 Å². The summed E-state index contributed by atoms with van der Waals surface area (Å²) < 4.78 is 11.1. The fourth-order valence-electron chi connectivity index (χ4n) is 1.40. The molecule has 1 aromatic rings. The minimum Gasteiger partial charge on any atom is -0.376 e. The Balaban J connectivity index is 2.20. The monoisotopic (exact) mass is 208 g/mol. The van der Waals surface area contributed by atoms with E-state index in [9.17, 15) is 0 Å². The van der Waals surface area contributed by atoms with Crippen molar-refractivity contribution in [1.82, 2.24) is 0 Å². The Kier molecular flexibility index (Phi) is 6.05. The number of rotatable bonds is 7. The van der Waals surface area contributed by atoms with E-state index in [4.69, 9.17) is 9.47 Å². The van der Waals surface area contributed by atoms with E-state index < -0.39 is 0 Å². The van der Waals surface area contributed by atoms with Gasteiger partial charge in [-0.1, -0.05) is 37.3 Å². The van der Waals surface area contributed by atoms with E-state index in [1.807, 2.05) is 25.1 Å². The maximum atomic E-state index is 5.60. The summed E-state index contributed by atoms with van der Waals surface area (Å²) in [6, 6.07) is 10.2. The Morgan fingerprint density at radius 2 is 1.87 bits per heavy atom. The summed E-state index contributed by atoms with van der Waals surface area (Å²) in [5, 5.41) is 0. The van der Waals surface area contributed by atoms with Gasteiger partial charge in [-0.25, -0.2) is 0 Å². The van der Waals surface area contributed by atoms with Crippen molar-refractivity contribution >= 4 is 0 Å². The normalized spacial score (nSPS) is 12.7. The average molecular weight is 208 g/mol. The summed E-state index contributed by atoms with van der Waals surface area (Å²) >= 11 is 0. The average Bonchev–Trinajstić information content (AvgIpc) is 2.29. The van der Waals surface area contributed by atoms with Gasteiger partial charge < -0.3 is 9.47 Å². The molecule has 0 fully saturated rings. The first-order chi connectivity index (χ1) is 7.36. The topological polar surface area (TPSA) is 18.5 Å². The fourth-order valence-corrected chi connectivity index (χ4v) is 1.40. The maximum absolute atomic E-state index is 5.60. The van der Waals surface area contributed by atoms with Gasteiger partial charge >= 0.3 is 0 Å². The van der Waals surface area contributed by atoms with Crippen LogP contribution in [0.15, 0.2) is 30.3 Å². The first-order valence-electron chi connectivity index (χ1n) is 5.60. The maximum Gasteiger partial charge on any atom is 0.0805 e. The van der Waals surface area contributed by atoms with Gasteiger partial charge in [0, 0.05) is 6.61 Å². The van der Waals surface area contributed by atoms with E-state index in [2.05, 4.69) is 19.1 Å². The van der Waals surface area contributed by atoms with Crippen molar-refractivity contribution in [3.8, 4) is 0 Å². The van der Waals surface area contributed by atoms with Crippen LogP contribution in [-0.4, -0.2) is 19.3 Å². The molecule has 0 saturated heterocycles. The van der Waals surface area contributed by atoms with E-state index >= 15 is 0 Å². The molecule has 0 N–H and O–H groups in total. The predicted octanol–water partition coefficient (Wildman–Crippen LogP) is 3.02. The van der Waals surface area contributed by atoms with Crippen LogP contribution in [0, 0.1) is 0 Å². The molecule has 1 atom stereocenters. The summed E-state index contributed by atoms with van der Waals surface area (Å²) in [7, 11) is 0. The molecule has 2 nitrogen and oxygen atoms in total. The van der Waals surface area contributed by atoms with Crippen molar-refractivity contribution in [2.45, 2.75) is 33.0 Å². The largest absolute Gasteiger partial charge is 0.376 e. The summed E-state index contributed by atoms with van der Waals surface area (Å²) in [6.07, 6.45) is 1.24. The highest BCUT2D eigenvalue weighted by atomic mass is 16.5. The minimum atomic E-state index is 0.235.